The van der Waals surface area contributed by atoms with Gasteiger partial charge in [-0.05, 0) is 18.2 Å². The Morgan fingerprint density at radius 1 is 1.42 bits per heavy atom. The van der Waals surface area contributed by atoms with E-state index in [-0.39, 0.29) is 17.3 Å². The van der Waals surface area contributed by atoms with Crippen molar-refractivity contribution in [3.05, 3.63) is 47.5 Å². The van der Waals surface area contributed by atoms with Crippen LogP contribution in [0.4, 0.5) is 5.82 Å². The molecule has 19 heavy (non-hydrogen) atoms. The number of rotatable bonds is 4. The van der Waals surface area contributed by atoms with Crippen LogP contribution in [0.1, 0.15) is 33.4 Å². The Morgan fingerprint density at radius 3 is 2.89 bits per heavy atom. The number of anilines is 1. The molecule has 0 radical (unpaired) electrons. The van der Waals surface area contributed by atoms with Gasteiger partial charge in [0.25, 0.3) is 5.91 Å². The zero-order chi connectivity index (χ0) is 13.8. The summed E-state index contributed by atoms with van der Waals surface area (Å²) in [5.74, 6) is -0.684. The molecule has 2 heterocycles. The maximum atomic E-state index is 12.0. The number of carbonyl (C=O) groups is 2. The highest BCUT2D eigenvalue weighted by Crippen LogP contribution is 2.14. The van der Waals surface area contributed by atoms with Crippen LogP contribution in [0.15, 0.2) is 35.1 Å². The number of hydrogen-bond donors (Lipinski definition) is 2. The van der Waals surface area contributed by atoms with Crippen LogP contribution in [0.5, 0.6) is 0 Å². The topological polar surface area (TPSA) is 92.4 Å². The van der Waals surface area contributed by atoms with Crippen molar-refractivity contribution in [2.45, 2.75) is 13.3 Å². The second-order valence-corrected chi connectivity index (χ2v) is 3.80. The van der Waals surface area contributed by atoms with Crippen LogP contribution in [0.25, 0.3) is 0 Å². The molecule has 6 heteroatoms. The summed E-state index contributed by atoms with van der Waals surface area (Å²) in [6.07, 6.45) is 3.36. The fraction of sp³-hybridized carbons (Fsp3) is 0.154. The molecule has 0 unspecified atom stereocenters. The molecule has 0 aliphatic rings. The number of furan rings is 1. The van der Waals surface area contributed by atoms with Crippen LogP contribution in [0.3, 0.4) is 0 Å². The lowest BCUT2D eigenvalue weighted by atomic mass is 10.2. The van der Waals surface area contributed by atoms with Gasteiger partial charge < -0.3 is 14.8 Å². The number of aromatic nitrogens is 1. The van der Waals surface area contributed by atoms with Crippen molar-refractivity contribution in [2.75, 3.05) is 5.32 Å². The summed E-state index contributed by atoms with van der Waals surface area (Å²) in [5, 5.41) is 11.4. The quantitative estimate of drug-likeness (QED) is 0.879. The molecule has 2 aromatic heterocycles. The van der Waals surface area contributed by atoms with Crippen LogP contribution in [-0.4, -0.2) is 22.0 Å². The smallest absolute Gasteiger partial charge is 0.335 e. The van der Waals surface area contributed by atoms with Crippen molar-refractivity contribution in [2.24, 2.45) is 0 Å². The first kappa shape index (κ1) is 12.8. The number of aryl methyl sites for hydroxylation is 1. The third kappa shape index (κ3) is 2.79. The van der Waals surface area contributed by atoms with Crippen molar-refractivity contribution in [3.63, 3.8) is 0 Å². The first-order valence-corrected chi connectivity index (χ1v) is 5.69. The third-order valence-corrected chi connectivity index (χ3v) is 2.56. The van der Waals surface area contributed by atoms with Gasteiger partial charge in [0.1, 0.15) is 11.6 Å². The molecule has 0 aliphatic heterocycles. The SMILES string of the molecule is CCc1occc1C(=O)Nc1cc(C(=O)O)ccn1. The van der Waals surface area contributed by atoms with Crippen molar-refractivity contribution in [1.29, 1.82) is 0 Å². The van der Waals surface area contributed by atoms with Crippen molar-refractivity contribution in [1.82, 2.24) is 4.98 Å². The Morgan fingerprint density at radius 2 is 2.21 bits per heavy atom. The molecule has 6 nitrogen and oxygen atoms in total. The number of amides is 1. The van der Waals surface area contributed by atoms with E-state index in [1.807, 2.05) is 6.92 Å². The van der Waals surface area contributed by atoms with Gasteiger partial charge >= 0.3 is 5.97 Å². The Labute approximate surface area is 109 Å². The highest BCUT2D eigenvalue weighted by molar-refractivity contribution is 6.04. The lowest BCUT2D eigenvalue weighted by Gasteiger charge is -2.04. The molecule has 98 valence electrons. The summed E-state index contributed by atoms with van der Waals surface area (Å²) in [5.41, 5.74) is 0.484. The third-order valence-electron chi connectivity index (χ3n) is 2.56. The predicted molar refractivity (Wildman–Crippen MR) is 67.2 cm³/mol. The largest absolute Gasteiger partial charge is 0.478 e. The van der Waals surface area contributed by atoms with Crippen LogP contribution >= 0.6 is 0 Å². The molecule has 0 aromatic carbocycles. The van der Waals surface area contributed by atoms with E-state index in [1.54, 1.807) is 6.07 Å². The van der Waals surface area contributed by atoms with E-state index >= 15 is 0 Å². The summed E-state index contributed by atoms with van der Waals surface area (Å²) in [4.78, 5) is 26.7. The first-order chi connectivity index (χ1) is 9.11. The molecule has 1 amide bonds. The van der Waals surface area contributed by atoms with Gasteiger partial charge in [0, 0.05) is 12.6 Å². The summed E-state index contributed by atoms with van der Waals surface area (Å²) in [7, 11) is 0. The van der Waals surface area contributed by atoms with Gasteiger partial charge in [-0.25, -0.2) is 9.78 Å². The molecule has 2 rings (SSSR count). The number of hydrogen-bond acceptors (Lipinski definition) is 4. The van der Waals surface area contributed by atoms with E-state index < -0.39 is 5.97 Å². The number of carbonyl (C=O) groups excluding carboxylic acids is 1. The monoisotopic (exact) mass is 260 g/mol. The predicted octanol–water partition coefficient (Wildman–Crippen LogP) is 2.19. The van der Waals surface area contributed by atoms with E-state index in [0.29, 0.717) is 17.7 Å². The summed E-state index contributed by atoms with van der Waals surface area (Å²) in [6, 6.07) is 4.22. The van der Waals surface area contributed by atoms with Gasteiger partial charge in [-0.2, -0.15) is 0 Å². The molecule has 0 fully saturated rings. The minimum Gasteiger partial charge on any atom is -0.478 e. The molecular weight excluding hydrogens is 248 g/mol. The molecule has 0 aliphatic carbocycles. The van der Waals surface area contributed by atoms with Crippen molar-refractivity contribution >= 4 is 17.7 Å². The standard InChI is InChI=1S/C13H12N2O4/c1-2-10-9(4-6-19-10)12(16)15-11-7-8(13(17)18)3-5-14-11/h3-7H,2H2,1H3,(H,17,18)(H,14,15,16). The van der Waals surface area contributed by atoms with E-state index in [2.05, 4.69) is 10.3 Å². The molecule has 0 spiro atoms. The Hall–Kier alpha value is -2.63. The fourth-order valence-corrected chi connectivity index (χ4v) is 1.63. The van der Waals surface area contributed by atoms with Gasteiger partial charge in [0.2, 0.25) is 0 Å². The molecule has 2 N–H and O–H groups in total. The van der Waals surface area contributed by atoms with Crippen molar-refractivity contribution < 1.29 is 19.1 Å². The minimum atomic E-state index is -1.07. The molecular formula is C13H12N2O4. The molecule has 0 atom stereocenters. The zero-order valence-corrected chi connectivity index (χ0v) is 10.2. The van der Waals surface area contributed by atoms with Gasteiger partial charge in [-0.1, -0.05) is 6.92 Å². The van der Waals surface area contributed by atoms with Crippen LogP contribution in [0.2, 0.25) is 0 Å². The van der Waals surface area contributed by atoms with Gasteiger partial charge in [-0.15, -0.1) is 0 Å². The van der Waals surface area contributed by atoms with Gasteiger partial charge in [0.15, 0.2) is 0 Å². The maximum absolute atomic E-state index is 12.0. The summed E-state index contributed by atoms with van der Waals surface area (Å²) >= 11 is 0. The Kier molecular flexibility index (Phi) is 3.61. The normalized spacial score (nSPS) is 10.2. The number of aromatic carboxylic acids is 1. The number of carboxylic acids is 1. The highest BCUT2D eigenvalue weighted by Gasteiger charge is 2.14. The number of pyridine rings is 1. The van der Waals surface area contributed by atoms with Crippen LogP contribution in [-0.2, 0) is 6.42 Å². The zero-order valence-electron chi connectivity index (χ0n) is 10.2. The number of carboxylic acid groups (broad SMARTS) is 1. The molecule has 0 bridgehead atoms. The average Bonchev–Trinajstić information content (AvgIpc) is 2.87. The number of nitrogens with one attached hydrogen (secondary N) is 1. The van der Waals surface area contributed by atoms with Gasteiger partial charge in [0.05, 0.1) is 17.4 Å². The average molecular weight is 260 g/mol. The summed E-state index contributed by atoms with van der Waals surface area (Å²) in [6.45, 7) is 1.87. The minimum absolute atomic E-state index is 0.0632. The van der Waals surface area contributed by atoms with Crippen LogP contribution < -0.4 is 5.32 Å². The second-order valence-electron chi connectivity index (χ2n) is 3.80. The first-order valence-electron chi connectivity index (χ1n) is 5.69. The second kappa shape index (κ2) is 5.34. The highest BCUT2D eigenvalue weighted by atomic mass is 16.4. The molecule has 2 aromatic rings. The molecule has 0 saturated carbocycles. The lowest BCUT2D eigenvalue weighted by Crippen LogP contribution is -2.14. The molecule has 0 saturated heterocycles. The maximum Gasteiger partial charge on any atom is 0.335 e. The van der Waals surface area contributed by atoms with E-state index in [0.717, 1.165) is 0 Å². The van der Waals surface area contributed by atoms with E-state index in [4.69, 9.17) is 9.52 Å². The van der Waals surface area contributed by atoms with Crippen molar-refractivity contribution in [3.8, 4) is 0 Å². The summed E-state index contributed by atoms with van der Waals surface area (Å²) < 4.78 is 5.16. The van der Waals surface area contributed by atoms with E-state index in [9.17, 15) is 9.59 Å². The Bertz CT molecular complexity index is 619. The van der Waals surface area contributed by atoms with E-state index in [1.165, 1.54) is 24.6 Å². The number of nitrogens with zero attached hydrogens (tertiary/aromatic N) is 1. The Balaban J connectivity index is 2.19. The van der Waals surface area contributed by atoms with Gasteiger partial charge in [-0.3, -0.25) is 4.79 Å². The van der Waals surface area contributed by atoms with Crippen LogP contribution in [0, 0.1) is 0 Å². The lowest BCUT2D eigenvalue weighted by molar-refractivity contribution is 0.0696. The fourth-order valence-electron chi connectivity index (χ4n) is 1.63.